The lowest BCUT2D eigenvalue weighted by Gasteiger charge is -2.11. The number of hydrogen-bond donors (Lipinski definition) is 1. The van der Waals surface area contributed by atoms with Gasteiger partial charge >= 0.3 is 0 Å². The molecule has 0 aliphatic heterocycles. The van der Waals surface area contributed by atoms with E-state index in [1.54, 1.807) is 32.3 Å². The molecule has 1 aromatic heterocycles. The number of carbonyl (C=O) groups is 1. The zero-order valence-corrected chi connectivity index (χ0v) is 13.6. The van der Waals surface area contributed by atoms with E-state index < -0.39 is 10.0 Å². The second kappa shape index (κ2) is 6.00. The number of hydrogen-bond acceptors (Lipinski definition) is 5. The summed E-state index contributed by atoms with van der Waals surface area (Å²) < 4.78 is 26.8. The Labute approximate surface area is 131 Å². The summed E-state index contributed by atoms with van der Waals surface area (Å²) in [4.78, 5) is 17.0. The van der Waals surface area contributed by atoms with Gasteiger partial charge in [0.2, 0.25) is 0 Å². The van der Waals surface area contributed by atoms with Crippen LogP contribution in [0.4, 0.5) is 5.69 Å². The Hall–Kier alpha value is -1.64. The molecule has 1 aromatic carbocycles. The van der Waals surface area contributed by atoms with Crippen molar-refractivity contribution in [2.75, 3.05) is 18.8 Å². The van der Waals surface area contributed by atoms with Gasteiger partial charge in [0.25, 0.3) is 15.9 Å². The molecule has 0 radical (unpaired) electrons. The summed E-state index contributed by atoms with van der Waals surface area (Å²) in [5.41, 5.74) is 0.690. The number of carbonyl (C=O) groups excluding carboxylic acids is 1. The minimum absolute atomic E-state index is 0.0110. The van der Waals surface area contributed by atoms with Gasteiger partial charge in [0.05, 0.1) is 6.20 Å². The predicted molar refractivity (Wildman–Crippen MR) is 82.4 cm³/mol. The zero-order chi connectivity index (χ0) is 15.6. The van der Waals surface area contributed by atoms with Crippen LogP contribution in [0.25, 0.3) is 0 Å². The number of aromatic nitrogens is 1. The molecule has 0 spiro atoms. The van der Waals surface area contributed by atoms with Crippen LogP contribution in [-0.2, 0) is 10.0 Å². The van der Waals surface area contributed by atoms with Gasteiger partial charge in [-0.2, -0.15) is 0 Å². The van der Waals surface area contributed by atoms with Gasteiger partial charge in [-0.1, -0.05) is 29.0 Å². The number of nitrogens with one attached hydrogen (secondary N) is 1. The van der Waals surface area contributed by atoms with Crippen molar-refractivity contribution < 1.29 is 13.2 Å². The summed E-state index contributed by atoms with van der Waals surface area (Å²) in [5, 5.41) is 0. The smallest absolute Gasteiger partial charge is 0.273 e. The summed E-state index contributed by atoms with van der Waals surface area (Å²) in [6, 6.07) is 6.26. The molecule has 0 aliphatic carbocycles. The van der Waals surface area contributed by atoms with Crippen LogP contribution in [0.3, 0.4) is 0 Å². The third-order valence-corrected chi connectivity index (χ3v) is 5.45. The highest BCUT2D eigenvalue weighted by atomic mass is 35.5. The SMILES string of the molecule is CN(C)C(=O)c1cccc(NS(=O)(=O)c2cnc(Cl)s2)c1. The van der Waals surface area contributed by atoms with E-state index in [0.717, 1.165) is 11.3 Å². The molecule has 0 fully saturated rings. The number of anilines is 1. The van der Waals surface area contributed by atoms with Crippen molar-refractivity contribution in [3.63, 3.8) is 0 Å². The number of thiazole rings is 1. The summed E-state index contributed by atoms with van der Waals surface area (Å²) in [5.74, 6) is -0.211. The van der Waals surface area contributed by atoms with Gasteiger partial charge < -0.3 is 4.90 Å². The quantitative estimate of drug-likeness (QED) is 0.922. The molecule has 1 heterocycles. The fourth-order valence-corrected chi connectivity index (χ4v) is 3.88. The van der Waals surface area contributed by atoms with Gasteiger partial charge in [-0.3, -0.25) is 9.52 Å². The number of nitrogens with zero attached hydrogens (tertiary/aromatic N) is 2. The molecule has 0 bridgehead atoms. The molecular formula is C12H12ClN3O3S2. The molecule has 9 heteroatoms. The molecule has 6 nitrogen and oxygen atoms in total. The number of amides is 1. The maximum absolute atomic E-state index is 12.1. The molecule has 2 aromatic rings. The Morgan fingerprint density at radius 3 is 2.67 bits per heavy atom. The first kappa shape index (κ1) is 15.7. The van der Waals surface area contributed by atoms with E-state index >= 15 is 0 Å². The van der Waals surface area contributed by atoms with Gasteiger partial charge in [0.15, 0.2) is 8.68 Å². The molecule has 1 amide bonds. The topological polar surface area (TPSA) is 79.4 Å². The van der Waals surface area contributed by atoms with Gasteiger partial charge in [0.1, 0.15) is 0 Å². The van der Waals surface area contributed by atoms with Gasteiger partial charge in [0, 0.05) is 25.3 Å². The monoisotopic (exact) mass is 345 g/mol. The first-order valence-electron chi connectivity index (χ1n) is 5.75. The summed E-state index contributed by atoms with van der Waals surface area (Å²) in [6.45, 7) is 0. The number of sulfonamides is 1. The Bertz CT molecular complexity index is 772. The highest BCUT2D eigenvalue weighted by Crippen LogP contribution is 2.25. The van der Waals surface area contributed by atoms with E-state index in [0.29, 0.717) is 11.3 Å². The molecular weight excluding hydrogens is 334 g/mol. The molecule has 0 saturated carbocycles. The van der Waals surface area contributed by atoms with E-state index in [1.807, 2.05) is 0 Å². The van der Waals surface area contributed by atoms with Gasteiger partial charge in [-0.25, -0.2) is 13.4 Å². The Morgan fingerprint density at radius 1 is 1.38 bits per heavy atom. The third-order valence-electron chi connectivity index (χ3n) is 2.49. The molecule has 1 N–H and O–H groups in total. The van der Waals surface area contributed by atoms with Gasteiger partial charge in [-0.05, 0) is 18.2 Å². The van der Waals surface area contributed by atoms with Crippen molar-refractivity contribution >= 4 is 44.6 Å². The van der Waals surface area contributed by atoms with Crippen molar-refractivity contribution in [3.05, 3.63) is 40.5 Å². The van der Waals surface area contributed by atoms with Crippen LogP contribution in [0, 0.1) is 0 Å². The van der Waals surface area contributed by atoms with E-state index in [9.17, 15) is 13.2 Å². The average molecular weight is 346 g/mol. The summed E-state index contributed by atoms with van der Waals surface area (Å²) in [6.07, 6.45) is 1.18. The lowest BCUT2D eigenvalue weighted by Crippen LogP contribution is -2.21. The summed E-state index contributed by atoms with van der Waals surface area (Å²) in [7, 11) is -0.512. The number of benzene rings is 1. The van der Waals surface area contributed by atoms with Crippen molar-refractivity contribution in [1.29, 1.82) is 0 Å². The third kappa shape index (κ3) is 3.72. The molecule has 2 rings (SSSR count). The largest absolute Gasteiger partial charge is 0.345 e. The second-order valence-corrected chi connectivity index (χ2v) is 7.84. The number of halogens is 1. The zero-order valence-electron chi connectivity index (χ0n) is 11.2. The average Bonchev–Trinajstić information content (AvgIpc) is 2.85. The second-order valence-electron chi connectivity index (χ2n) is 4.32. The summed E-state index contributed by atoms with van der Waals surface area (Å²) >= 11 is 6.49. The van der Waals surface area contributed by atoms with E-state index in [1.165, 1.54) is 17.2 Å². The standard InChI is InChI=1S/C12H12ClN3O3S2/c1-16(2)11(17)8-4-3-5-9(6-8)15-21(18,19)10-7-14-12(13)20-10/h3-7,15H,1-2H3. The highest BCUT2D eigenvalue weighted by molar-refractivity contribution is 7.94. The highest BCUT2D eigenvalue weighted by Gasteiger charge is 2.18. The van der Waals surface area contributed by atoms with Crippen LogP contribution in [0.2, 0.25) is 4.47 Å². The van der Waals surface area contributed by atoms with Crippen LogP contribution < -0.4 is 4.72 Å². The minimum atomic E-state index is -3.76. The fraction of sp³-hybridized carbons (Fsp3) is 0.167. The molecule has 0 atom stereocenters. The lowest BCUT2D eigenvalue weighted by molar-refractivity contribution is 0.0827. The fourth-order valence-electron chi connectivity index (χ4n) is 1.54. The first-order valence-corrected chi connectivity index (χ1v) is 8.43. The normalized spacial score (nSPS) is 11.2. The van der Waals surface area contributed by atoms with Crippen LogP contribution in [0.5, 0.6) is 0 Å². The Morgan fingerprint density at radius 2 is 2.10 bits per heavy atom. The molecule has 112 valence electrons. The van der Waals surface area contributed by atoms with Gasteiger partial charge in [-0.15, -0.1) is 0 Å². The maximum atomic E-state index is 12.1. The van der Waals surface area contributed by atoms with Crippen molar-refractivity contribution in [2.24, 2.45) is 0 Å². The predicted octanol–water partition coefficient (Wildman–Crippen LogP) is 2.30. The van der Waals surface area contributed by atoms with Crippen LogP contribution >= 0.6 is 22.9 Å². The van der Waals surface area contributed by atoms with E-state index in [-0.39, 0.29) is 14.6 Å². The van der Waals surface area contributed by atoms with Crippen LogP contribution in [0.15, 0.2) is 34.7 Å². The molecule has 0 saturated heterocycles. The molecule has 21 heavy (non-hydrogen) atoms. The van der Waals surface area contributed by atoms with Crippen LogP contribution in [-0.4, -0.2) is 38.3 Å². The van der Waals surface area contributed by atoms with Crippen molar-refractivity contribution in [2.45, 2.75) is 4.21 Å². The first-order chi connectivity index (χ1) is 9.79. The van der Waals surface area contributed by atoms with Crippen molar-refractivity contribution in [3.8, 4) is 0 Å². The van der Waals surface area contributed by atoms with E-state index in [2.05, 4.69) is 9.71 Å². The Balaban J connectivity index is 2.28. The van der Waals surface area contributed by atoms with Crippen LogP contribution in [0.1, 0.15) is 10.4 Å². The minimum Gasteiger partial charge on any atom is -0.345 e. The maximum Gasteiger partial charge on any atom is 0.273 e. The van der Waals surface area contributed by atoms with E-state index in [4.69, 9.17) is 11.6 Å². The van der Waals surface area contributed by atoms with Crippen molar-refractivity contribution in [1.82, 2.24) is 9.88 Å². The molecule has 0 unspecified atom stereocenters. The Kier molecular flexibility index (Phi) is 4.50. The number of rotatable bonds is 4. The molecule has 0 aliphatic rings. The lowest BCUT2D eigenvalue weighted by atomic mass is 10.2.